The SMILES string of the molecule is CCCCCNC(=O)C1CCN(CC(=O)NCc2ccccc2F)CC1. The lowest BCUT2D eigenvalue weighted by Crippen LogP contribution is -2.44. The number of carbonyl (C=O) groups excluding carboxylic acids is 2. The van der Waals surface area contributed by atoms with Crippen molar-refractivity contribution in [2.24, 2.45) is 5.92 Å². The maximum Gasteiger partial charge on any atom is 0.234 e. The molecule has 0 atom stereocenters. The summed E-state index contributed by atoms with van der Waals surface area (Å²) in [5.41, 5.74) is 0.485. The van der Waals surface area contributed by atoms with Gasteiger partial charge in [-0.05, 0) is 38.4 Å². The summed E-state index contributed by atoms with van der Waals surface area (Å²) in [4.78, 5) is 26.2. The van der Waals surface area contributed by atoms with E-state index in [1.54, 1.807) is 18.2 Å². The second kappa shape index (κ2) is 10.9. The number of carbonyl (C=O) groups is 2. The number of hydrogen-bond acceptors (Lipinski definition) is 3. The normalized spacial score (nSPS) is 15.6. The molecule has 1 aromatic rings. The minimum Gasteiger partial charge on any atom is -0.356 e. The molecule has 2 amide bonds. The molecule has 1 aromatic carbocycles. The number of amides is 2. The number of nitrogens with zero attached hydrogens (tertiary/aromatic N) is 1. The highest BCUT2D eigenvalue weighted by Crippen LogP contribution is 2.17. The zero-order chi connectivity index (χ0) is 18.8. The van der Waals surface area contributed by atoms with Crippen molar-refractivity contribution in [1.82, 2.24) is 15.5 Å². The fourth-order valence-electron chi connectivity index (χ4n) is 3.18. The Bertz CT molecular complexity index is 586. The molecule has 0 bridgehead atoms. The first-order valence-electron chi connectivity index (χ1n) is 9.60. The van der Waals surface area contributed by atoms with Gasteiger partial charge in [0, 0.05) is 24.6 Å². The summed E-state index contributed by atoms with van der Waals surface area (Å²) < 4.78 is 13.5. The molecule has 26 heavy (non-hydrogen) atoms. The van der Waals surface area contributed by atoms with E-state index in [0.29, 0.717) is 12.1 Å². The molecule has 5 nitrogen and oxygen atoms in total. The van der Waals surface area contributed by atoms with Crippen molar-refractivity contribution in [1.29, 1.82) is 0 Å². The van der Waals surface area contributed by atoms with Gasteiger partial charge in [-0.25, -0.2) is 4.39 Å². The summed E-state index contributed by atoms with van der Waals surface area (Å²) in [6.45, 7) is 4.86. The fraction of sp³-hybridized carbons (Fsp3) is 0.600. The van der Waals surface area contributed by atoms with E-state index in [-0.39, 0.29) is 30.1 Å². The molecule has 1 heterocycles. The molecule has 2 N–H and O–H groups in total. The Morgan fingerprint density at radius 1 is 1.15 bits per heavy atom. The molecule has 0 aliphatic carbocycles. The lowest BCUT2D eigenvalue weighted by atomic mass is 9.96. The van der Waals surface area contributed by atoms with E-state index in [4.69, 9.17) is 0 Å². The summed E-state index contributed by atoms with van der Waals surface area (Å²) in [5, 5.41) is 5.78. The minimum absolute atomic E-state index is 0.0503. The van der Waals surface area contributed by atoms with E-state index in [2.05, 4.69) is 22.5 Å². The Hall–Kier alpha value is -1.95. The lowest BCUT2D eigenvalue weighted by molar-refractivity contribution is -0.126. The van der Waals surface area contributed by atoms with Crippen LogP contribution in [-0.2, 0) is 16.1 Å². The maximum absolute atomic E-state index is 13.5. The number of piperidine rings is 1. The molecular formula is C20H30FN3O2. The monoisotopic (exact) mass is 363 g/mol. The predicted octanol–water partition coefficient (Wildman–Crippen LogP) is 2.46. The Balaban J connectivity index is 1.64. The summed E-state index contributed by atoms with van der Waals surface area (Å²) in [6.07, 6.45) is 4.87. The van der Waals surface area contributed by atoms with Crippen LogP contribution in [0, 0.1) is 11.7 Å². The van der Waals surface area contributed by atoms with Gasteiger partial charge in [0.15, 0.2) is 0 Å². The van der Waals surface area contributed by atoms with E-state index < -0.39 is 0 Å². The first-order chi connectivity index (χ1) is 12.6. The van der Waals surface area contributed by atoms with Crippen LogP contribution in [0.1, 0.15) is 44.6 Å². The largest absolute Gasteiger partial charge is 0.356 e. The molecule has 0 unspecified atom stereocenters. The molecule has 1 aliphatic rings. The van der Waals surface area contributed by atoms with Gasteiger partial charge in [-0.15, -0.1) is 0 Å². The summed E-state index contributed by atoms with van der Waals surface area (Å²) in [5.74, 6) is -0.228. The van der Waals surface area contributed by atoms with Gasteiger partial charge in [-0.1, -0.05) is 38.0 Å². The molecule has 1 aliphatic heterocycles. The molecule has 2 rings (SSSR count). The summed E-state index contributed by atoms with van der Waals surface area (Å²) >= 11 is 0. The quantitative estimate of drug-likeness (QED) is 0.663. The zero-order valence-electron chi connectivity index (χ0n) is 15.6. The third kappa shape index (κ3) is 6.75. The maximum atomic E-state index is 13.5. The highest BCUT2D eigenvalue weighted by atomic mass is 19.1. The third-order valence-corrected chi connectivity index (χ3v) is 4.84. The van der Waals surface area contributed by atoms with Gasteiger partial charge < -0.3 is 10.6 Å². The van der Waals surface area contributed by atoms with E-state index in [1.807, 2.05) is 0 Å². The van der Waals surface area contributed by atoms with Crippen LogP contribution in [0.3, 0.4) is 0 Å². The molecule has 0 radical (unpaired) electrons. The van der Waals surface area contributed by atoms with Crippen LogP contribution in [0.4, 0.5) is 4.39 Å². The summed E-state index contributed by atoms with van der Waals surface area (Å²) in [6, 6.07) is 6.44. The first kappa shape index (κ1) is 20.4. The van der Waals surface area contributed by atoms with Crippen molar-refractivity contribution in [3.8, 4) is 0 Å². The number of hydrogen-bond donors (Lipinski definition) is 2. The van der Waals surface area contributed by atoms with Crippen LogP contribution in [0.2, 0.25) is 0 Å². The van der Waals surface area contributed by atoms with Gasteiger partial charge in [0.25, 0.3) is 0 Å². The van der Waals surface area contributed by atoms with Gasteiger partial charge in [0.2, 0.25) is 11.8 Å². The Kier molecular flexibility index (Phi) is 8.54. The highest BCUT2D eigenvalue weighted by Gasteiger charge is 2.25. The predicted molar refractivity (Wildman–Crippen MR) is 99.9 cm³/mol. The van der Waals surface area contributed by atoms with Crippen LogP contribution < -0.4 is 10.6 Å². The van der Waals surface area contributed by atoms with E-state index in [9.17, 15) is 14.0 Å². The van der Waals surface area contributed by atoms with Crippen LogP contribution in [-0.4, -0.2) is 42.9 Å². The lowest BCUT2D eigenvalue weighted by Gasteiger charge is -2.30. The Morgan fingerprint density at radius 3 is 2.58 bits per heavy atom. The second-order valence-corrected chi connectivity index (χ2v) is 6.92. The van der Waals surface area contributed by atoms with Crippen LogP contribution in [0.5, 0.6) is 0 Å². The first-order valence-corrected chi connectivity index (χ1v) is 9.60. The number of halogens is 1. The smallest absolute Gasteiger partial charge is 0.234 e. The topological polar surface area (TPSA) is 61.4 Å². The van der Waals surface area contributed by atoms with E-state index in [1.165, 1.54) is 6.07 Å². The molecule has 1 fully saturated rings. The van der Waals surface area contributed by atoms with Crippen LogP contribution in [0.15, 0.2) is 24.3 Å². The van der Waals surface area contributed by atoms with Crippen molar-refractivity contribution >= 4 is 11.8 Å². The van der Waals surface area contributed by atoms with Crippen molar-refractivity contribution in [2.75, 3.05) is 26.2 Å². The number of unbranched alkanes of at least 4 members (excludes halogenated alkanes) is 2. The number of benzene rings is 1. The van der Waals surface area contributed by atoms with E-state index in [0.717, 1.165) is 51.7 Å². The second-order valence-electron chi connectivity index (χ2n) is 6.92. The van der Waals surface area contributed by atoms with Crippen molar-refractivity contribution in [2.45, 2.75) is 45.6 Å². The van der Waals surface area contributed by atoms with Gasteiger partial charge in [-0.3, -0.25) is 14.5 Å². The number of likely N-dealkylation sites (tertiary alicyclic amines) is 1. The summed E-state index contributed by atoms with van der Waals surface area (Å²) in [7, 11) is 0. The van der Waals surface area contributed by atoms with Crippen molar-refractivity contribution in [3.63, 3.8) is 0 Å². The average molecular weight is 363 g/mol. The number of nitrogens with one attached hydrogen (secondary N) is 2. The molecular weight excluding hydrogens is 333 g/mol. The molecule has 6 heteroatoms. The third-order valence-electron chi connectivity index (χ3n) is 4.84. The van der Waals surface area contributed by atoms with Gasteiger partial charge in [0.05, 0.1) is 6.54 Å². The van der Waals surface area contributed by atoms with Crippen LogP contribution in [0.25, 0.3) is 0 Å². The van der Waals surface area contributed by atoms with Gasteiger partial charge >= 0.3 is 0 Å². The molecule has 0 aromatic heterocycles. The molecule has 0 saturated carbocycles. The minimum atomic E-state index is -0.307. The average Bonchev–Trinajstić information content (AvgIpc) is 2.65. The standard InChI is InChI=1S/C20H30FN3O2/c1-2-3-6-11-22-20(26)16-9-12-24(13-10-16)15-19(25)23-14-17-7-4-5-8-18(17)21/h4-5,7-8,16H,2-3,6,9-15H2,1H3,(H,22,26)(H,23,25). The van der Waals surface area contributed by atoms with Gasteiger partial charge in [0.1, 0.15) is 5.82 Å². The molecule has 0 spiro atoms. The Labute approximate surface area is 155 Å². The van der Waals surface area contributed by atoms with Crippen molar-refractivity contribution < 1.29 is 14.0 Å². The van der Waals surface area contributed by atoms with Crippen LogP contribution >= 0.6 is 0 Å². The molecule has 144 valence electrons. The van der Waals surface area contributed by atoms with Gasteiger partial charge in [-0.2, -0.15) is 0 Å². The zero-order valence-corrected chi connectivity index (χ0v) is 15.6. The van der Waals surface area contributed by atoms with Crippen molar-refractivity contribution in [3.05, 3.63) is 35.6 Å². The number of rotatable bonds is 9. The van der Waals surface area contributed by atoms with E-state index >= 15 is 0 Å². The molecule has 1 saturated heterocycles. The Morgan fingerprint density at radius 2 is 1.88 bits per heavy atom. The fourth-order valence-corrected chi connectivity index (χ4v) is 3.18. The highest BCUT2D eigenvalue weighted by molar-refractivity contribution is 5.79.